The van der Waals surface area contributed by atoms with Crippen LogP contribution in [0.5, 0.6) is 0 Å². The van der Waals surface area contributed by atoms with Crippen LogP contribution in [0.25, 0.3) is 0 Å². The normalized spacial score (nSPS) is 20.8. The van der Waals surface area contributed by atoms with Crippen LogP contribution in [0.2, 0.25) is 0 Å². The largest absolute Gasteiger partial charge is 0.444 e. The standard InChI is InChI=1S/C21H30N2O2/c1-16(17-8-6-5-7-9-17)22-18-14-21(15-18)10-12-23(13-11-21)19(24)25-20(2,3)4/h5-9,16H,10-15H2,1-4H3. The van der Waals surface area contributed by atoms with Crippen molar-refractivity contribution in [2.45, 2.75) is 65.0 Å². The van der Waals surface area contributed by atoms with Crippen LogP contribution in [0.15, 0.2) is 35.3 Å². The van der Waals surface area contributed by atoms with E-state index in [4.69, 9.17) is 9.73 Å². The third-order valence-electron chi connectivity index (χ3n) is 5.29. The molecule has 3 rings (SSSR count). The van der Waals surface area contributed by atoms with Crippen LogP contribution in [0, 0.1) is 5.41 Å². The molecular weight excluding hydrogens is 312 g/mol. The summed E-state index contributed by atoms with van der Waals surface area (Å²) in [6.07, 6.45) is 4.13. The highest BCUT2D eigenvalue weighted by Crippen LogP contribution is 2.48. The SMILES string of the molecule is CC(N=C1CC2(CCN(C(=O)OC(C)(C)C)CC2)C1)c1ccccc1. The second kappa shape index (κ2) is 6.81. The Kier molecular flexibility index (Phi) is 4.90. The molecule has 136 valence electrons. The molecule has 1 aromatic carbocycles. The maximum absolute atomic E-state index is 12.2. The Hall–Kier alpha value is -1.84. The van der Waals surface area contributed by atoms with Crippen LogP contribution in [-0.2, 0) is 4.74 Å². The smallest absolute Gasteiger partial charge is 0.410 e. The number of rotatable bonds is 2. The lowest BCUT2D eigenvalue weighted by atomic mass is 9.62. The van der Waals surface area contributed by atoms with Crippen LogP contribution in [-0.4, -0.2) is 35.4 Å². The molecule has 0 aromatic heterocycles. The molecule has 1 aliphatic heterocycles. The predicted octanol–water partition coefficient (Wildman–Crippen LogP) is 5.00. The zero-order chi connectivity index (χ0) is 18.1. The molecule has 1 amide bonds. The maximum Gasteiger partial charge on any atom is 0.410 e. The topological polar surface area (TPSA) is 41.9 Å². The Morgan fingerprint density at radius 2 is 1.76 bits per heavy atom. The molecule has 0 N–H and O–H groups in total. The molecule has 4 heteroatoms. The summed E-state index contributed by atoms with van der Waals surface area (Å²) in [6.45, 7) is 9.52. The minimum atomic E-state index is -0.421. The summed E-state index contributed by atoms with van der Waals surface area (Å²) in [5.74, 6) is 0. The van der Waals surface area contributed by atoms with E-state index in [0.29, 0.717) is 5.41 Å². The van der Waals surface area contributed by atoms with E-state index in [-0.39, 0.29) is 12.1 Å². The molecule has 2 aliphatic rings. The van der Waals surface area contributed by atoms with Crippen molar-refractivity contribution in [3.05, 3.63) is 35.9 Å². The van der Waals surface area contributed by atoms with Gasteiger partial charge in [-0.05, 0) is 64.4 Å². The number of hydrogen-bond acceptors (Lipinski definition) is 3. The van der Waals surface area contributed by atoms with Gasteiger partial charge in [0.15, 0.2) is 0 Å². The summed E-state index contributed by atoms with van der Waals surface area (Å²) in [4.78, 5) is 19.0. The van der Waals surface area contributed by atoms with Crippen molar-refractivity contribution in [2.24, 2.45) is 10.4 Å². The number of aliphatic imine (C=N–C) groups is 1. The van der Waals surface area contributed by atoms with Crippen LogP contribution in [0.1, 0.15) is 65.0 Å². The van der Waals surface area contributed by atoms with Crippen molar-refractivity contribution < 1.29 is 9.53 Å². The third kappa shape index (κ3) is 4.42. The van der Waals surface area contributed by atoms with Gasteiger partial charge in [0.1, 0.15) is 5.60 Å². The lowest BCUT2D eigenvalue weighted by molar-refractivity contribution is 0.00861. The number of carbonyl (C=O) groups is 1. The first kappa shape index (κ1) is 18.0. The van der Waals surface area contributed by atoms with Crippen LogP contribution < -0.4 is 0 Å². The Balaban J connectivity index is 1.50. The third-order valence-corrected chi connectivity index (χ3v) is 5.29. The minimum Gasteiger partial charge on any atom is -0.444 e. The van der Waals surface area contributed by atoms with Gasteiger partial charge in [-0.15, -0.1) is 0 Å². The average Bonchev–Trinajstić information content (AvgIpc) is 2.53. The average molecular weight is 342 g/mol. The fourth-order valence-corrected chi connectivity index (χ4v) is 3.83. The summed E-state index contributed by atoms with van der Waals surface area (Å²) >= 11 is 0. The number of benzene rings is 1. The number of carbonyl (C=O) groups excluding carboxylic acids is 1. The van der Waals surface area contributed by atoms with Gasteiger partial charge >= 0.3 is 6.09 Å². The number of likely N-dealkylation sites (tertiary alicyclic amines) is 1. The summed E-state index contributed by atoms with van der Waals surface area (Å²) in [7, 11) is 0. The van der Waals surface area contributed by atoms with Crippen LogP contribution >= 0.6 is 0 Å². The van der Waals surface area contributed by atoms with E-state index in [1.165, 1.54) is 11.3 Å². The predicted molar refractivity (Wildman–Crippen MR) is 101 cm³/mol. The van der Waals surface area contributed by atoms with E-state index in [1.807, 2.05) is 31.7 Å². The van der Waals surface area contributed by atoms with E-state index in [0.717, 1.165) is 38.8 Å². The van der Waals surface area contributed by atoms with Crippen molar-refractivity contribution >= 4 is 11.8 Å². The monoisotopic (exact) mass is 342 g/mol. The molecule has 0 bridgehead atoms. The van der Waals surface area contributed by atoms with Crippen molar-refractivity contribution in [3.8, 4) is 0 Å². The summed E-state index contributed by atoms with van der Waals surface area (Å²) in [5.41, 5.74) is 2.56. The van der Waals surface area contributed by atoms with Gasteiger partial charge in [-0.25, -0.2) is 4.79 Å². The van der Waals surface area contributed by atoms with Crippen molar-refractivity contribution in [2.75, 3.05) is 13.1 Å². The molecule has 1 saturated heterocycles. The maximum atomic E-state index is 12.2. The quantitative estimate of drug-likeness (QED) is 0.759. The molecule has 1 atom stereocenters. The summed E-state index contributed by atoms with van der Waals surface area (Å²) in [5, 5.41) is 0. The molecule has 25 heavy (non-hydrogen) atoms. The van der Waals surface area contributed by atoms with Gasteiger partial charge < -0.3 is 9.64 Å². The first-order valence-electron chi connectivity index (χ1n) is 9.35. The molecule has 1 aromatic rings. The molecule has 1 aliphatic carbocycles. The van der Waals surface area contributed by atoms with Gasteiger partial charge in [0.05, 0.1) is 6.04 Å². The lowest BCUT2D eigenvalue weighted by Crippen LogP contribution is -2.50. The highest BCUT2D eigenvalue weighted by molar-refractivity contribution is 5.91. The highest BCUT2D eigenvalue weighted by Gasteiger charge is 2.45. The fraction of sp³-hybridized carbons (Fsp3) is 0.619. The zero-order valence-corrected chi connectivity index (χ0v) is 15.9. The van der Waals surface area contributed by atoms with Gasteiger partial charge in [0.2, 0.25) is 0 Å². The number of ether oxygens (including phenoxy) is 1. The van der Waals surface area contributed by atoms with Gasteiger partial charge in [-0.2, -0.15) is 0 Å². The highest BCUT2D eigenvalue weighted by atomic mass is 16.6. The van der Waals surface area contributed by atoms with Gasteiger partial charge in [0.25, 0.3) is 0 Å². The van der Waals surface area contributed by atoms with Crippen molar-refractivity contribution in [1.29, 1.82) is 0 Å². The summed E-state index contributed by atoms with van der Waals surface area (Å²) in [6, 6.07) is 10.7. The summed E-state index contributed by atoms with van der Waals surface area (Å²) < 4.78 is 5.48. The second-order valence-corrected chi connectivity index (χ2v) is 8.60. The van der Waals surface area contributed by atoms with E-state index < -0.39 is 5.60 Å². The molecular formula is C21H30N2O2. The Morgan fingerprint density at radius 1 is 1.16 bits per heavy atom. The first-order valence-corrected chi connectivity index (χ1v) is 9.35. The van der Waals surface area contributed by atoms with Crippen LogP contribution in [0.4, 0.5) is 4.79 Å². The number of nitrogens with zero attached hydrogens (tertiary/aromatic N) is 2. The number of amides is 1. The molecule has 1 spiro atoms. The zero-order valence-electron chi connectivity index (χ0n) is 15.9. The van der Waals surface area contributed by atoms with Crippen molar-refractivity contribution in [3.63, 3.8) is 0 Å². The first-order chi connectivity index (χ1) is 11.8. The Bertz CT molecular complexity index is 628. The second-order valence-electron chi connectivity index (χ2n) is 8.60. The molecule has 1 unspecified atom stereocenters. The van der Waals surface area contributed by atoms with E-state index in [1.54, 1.807) is 0 Å². The molecule has 1 heterocycles. The molecule has 4 nitrogen and oxygen atoms in total. The van der Waals surface area contributed by atoms with Gasteiger partial charge in [-0.1, -0.05) is 30.3 Å². The molecule has 1 saturated carbocycles. The molecule has 0 radical (unpaired) electrons. The number of hydrogen-bond donors (Lipinski definition) is 0. The Morgan fingerprint density at radius 3 is 2.32 bits per heavy atom. The minimum absolute atomic E-state index is 0.173. The lowest BCUT2D eigenvalue weighted by Gasteiger charge is -2.48. The van der Waals surface area contributed by atoms with Crippen LogP contribution in [0.3, 0.4) is 0 Å². The number of piperidine rings is 1. The van der Waals surface area contributed by atoms with E-state index in [9.17, 15) is 4.79 Å². The fourth-order valence-electron chi connectivity index (χ4n) is 3.83. The van der Waals surface area contributed by atoms with Gasteiger partial charge in [-0.3, -0.25) is 4.99 Å². The van der Waals surface area contributed by atoms with E-state index >= 15 is 0 Å². The van der Waals surface area contributed by atoms with Crippen molar-refractivity contribution in [1.82, 2.24) is 4.90 Å². The Labute approximate surface area is 151 Å². The van der Waals surface area contributed by atoms with E-state index in [2.05, 4.69) is 31.2 Å². The molecule has 2 fully saturated rings. The van der Waals surface area contributed by atoms with Gasteiger partial charge in [0, 0.05) is 18.8 Å².